The van der Waals surface area contributed by atoms with Crippen LogP contribution in [0.4, 0.5) is 4.39 Å². The zero-order chi connectivity index (χ0) is 16.2. The summed E-state index contributed by atoms with van der Waals surface area (Å²) in [6, 6.07) is 6.23. The normalized spacial score (nSPS) is 28.7. The minimum absolute atomic E-state index is 0.0384. The first kappa shape index (κ1) is 14.7. The maximum atomic E-state index is 14.2. The summed E-state index contributed by atoms with van der Waals surface area (Å²) >= 11 is 0. The largest absolute Gasteiger partial charge is 0.336 e. The number of nitrogens with zero attached hydrogens (tertiary/aromatic N) is 2. The summed E-state index contributed by atoms with van der Waals surface area (Å²) in [6.45, 7) is 3.18. The molecule has 4 rings (SSSR count). The Morgan fingerprint density at radius 2 is 2.04 bits per heavy atom. The van der Waals surface area contributed by atoms with Gasteiger partial charge in [0.1, 0.15) is 11.9 Å². The molecule has 5 heteroatoms. The number of rotatable bonds is 2. The van der Waals surface area contributed by atoms with E-state index in [1.165, 1.54) is 6.07 Å². The van der Waals surface area contributed by atoms with Crippen LogP contribution in [0.3, 0.4) is 0 Å². The first-order valence-corrected chi connectivity index (χ1v) is 8.41. The predicted molar refractivity (Wildman–Crippen MR) is 83.2 cm³/mol. The monoisotopic (exact) mass is 316 g/mol. The lowest BCUT2D eigenvalue weighted by molar-refractivity contribution is -0.153. The van der Waals surface area contributed by atoms with E-state index in [1.807, 2.05) is 4.90 Å². The molecule has 2 atom stereocenters. The van der Waals surface area contributed by atoms with E-state index in [4.69, 9.17) is 0 Å². The van der Waals surface area contributed by atoms with Gasteiger partial charge in [0.25, 0.3) is 0 Å². The highest BCUT2D eigenvalue weighted by Crippen LogP contribution is 2.51. The molecule has 0 aromatic heterocycles. The van der Waals surface area contributed by atoms with Gasteiger partial charge in [-0.05, 0) is 38.7 Å². The molecule has 0 bridgehead atoms. The number of amides is 2. The molecule has 2 aliphatic heterocycles. The van der Waals surface area contributed by atoms with Gasteiger partial charge in [0.05, 0.1) is 5.41 Å². The Labute approximate surface area is 135 Å². The highest BCUT2D eigenvalue weighted by molar-refractivity contribution is 5.96. The molecule has 1 aliphatic carbocycles. The summed E-state index contributed by atoms with van der Waals surface area (Å²) in [7, 11) is 0. The van der Waals surface area contributed by atoms with E-state index < -0.39 is 11.5 Å². The predicted octanol–water partition coefficient (Wildman–Crippen LogP) is 2.08. The summed E-state index contributed by atoms with van der Waals surface area (Å²) < 4.78 is 14.2. The number of piperazine rings is 1. The molecule has 0 radical (unpaired) electrons. The second kappa shape index (κ2) is 5.05. The van der Waals surface area contributed by atoms with Crippen molar-refractivity contribution >= 4 is 11.8 Å². The molecule has 1 saturated carbocycles. The molecule has 23 heavy (non-hydrogen) atoms. The van der Waals surface area contributed by atoms with Crippen molar-refractivity contribution < 1.29 is 14.0 Å². The minimum Gasteiger partial charge on any atom is -0.336 e. The fraction of sp³-hybridized carbons (Fsp3) is 0.556. The van der Waals surface area contributed by atoms with E-state index in [0.29, 0.717) is 24.9 Å². The quantitative estimate of drug-likeness (QED) is 0.838. The van der Waals surface area contributed by atoms with E-state index in [1.54, 1.807) is 30.0 Å². The van der Waals surface area contributed by atoms with E-state index in [-0.39, 0.29) is 23.7 Å². The minimum atomic E-state index is -0.749. The summed E-state index contributed by atoms with van der Waals surface area (Å²) in [6.07, 6.45) is 3.29. The molecule has 3 fully saturated rings. The molecule has 1 aromatic carbocycles. The van der Waals surface area contributed by atoms with Crippen molar-refractivity contribution in [3.05, 3.63) is 35.6 Å². The first-order chi connectivity index (χ1) is 11.0. The number of fused-ring (bicyclic) bond motifs is 1. The van der Waals surface area contributed by atoms with Gasteiger partial charge in [-0.25, -0.2) is 4.39 Å². The maximum absolute atomic E-state index is 14.2. The van der Waals surface area contributed by atoms with Crippen molar-refractivity contribution in [3.8, 4) is 0 Å². The van der Waals surface area contributed by atoms with Crippen LogP contribution in [-0.2, 0) is 15.0 Å². The van der Waals surface area contributed by atoms with Crippen molar-refractivity contribution in [2.45, 2.75) is 50.1 Å². The van der Waals surface area contributed by atoms with Gasteiger partial charge in [0.15, 0.2) is 0 Å². The van der Waals surface area contributed by atoms with Gasteiger partial charge < -0.3 is 9.80 Å². The Balaban J connectivity index is 1.64. The van der Waals surface area contributed by atoms with Gasteiger partial charge in [0, 0.05) is 24.7 Å². The maximum Gasteiger partial charge on any atom is 0.245 e. The number of halogens is 1. The van der Waals surface area contributed by atoms with Gasteiger partial charge in [-0.2, -0.15) is 0 Å². The van der Waals surface area contributed by atoms with E-state index in [2.05, 4.69) is 0 Å². The molecule has 4 nitrogen and oxygen atoms in total. The summed E-state index contributed by atoms with van der Waals surface area (Å²) in [5.74, 6) is -0.358. The topological polar surface area (TPSA) is 40.6 Å². The number of hydrogen-bond donors (Lipinski definition) is 0. The summed E-state index contributed by atoms with van der Waals surface area (Å²) in [5, 5.41) is 0. The van der Waals surface area contributed by atoms with Crippen LogP contribution in [0.2, 0.25) is 0 Å². The lowest BCUT2D eigenvalue weighted by Crippen LogP contribution is -2.61. The van der Waals surface area contributed by atoms with Crippen molar-refractivity contribution in [2.24, 2.45) is 0 Å². The highest BCUT2D eigenvalue weighted by atomic mass is 19.1. The number of benzene rings is 1. The van der Waals surface area contributed by atoms with Gasteiger partial charge in [-0.15, -0.1) is 0 Å². The number of hydrogen-bond acceptors (Lipinski definition) is 2. The second-order valence-corrected chi connectivity index (χ2v) is 7.02. The Bertz CT molecular complexity index is 671. The van der Waals surface area contributed by atoms with Crippen LogP contribution in [0, 0.1) is 5.82 Å². The zero-order valence-electron chi connectivity index (χ0n) is 13.3. The van der Waals surface area contributed by atoms with Crippen molar-refractivity contribution in [1.82, 2.24) is 9.80 Å². The zero-order valence-corrected chi connectivity index (χ0v) is 13.3. The number of carbonyl (C=O) groups excluding carboxylic acids is 2. The third-order valence-electron chi connectivity index (χ3n) is 5.70. The first-order valence-electron chi connectivity index (χ1n) is 8.41. The molecular weight excluding hydrogens is 295 g/mol. The van der Waals surface area contributed by atoms with Crippen LogP contribution >= 0.6 is 0 Å². The molecule has 0 unspecified atom stereocenters. The molecule has 1 aromatic rings. The van der Waals surface area contributed by atoms with Gasteiger partial charge in [0.2, 0.25) is 11.8 Å². The summed E-state index contributed by atoms with van der Waals surface area (Å²) in [5.41, 5.74) is -0.265. The van der Waals surface area contributed by atoms with Crippen LogP contribution in [0.5, 0.6) is 0 Å². The van der Waals surface area contributed by atoms with Crippen LogP contribution < -0.4 is 0 Å². The van der Waals surface area contributed by atoms with Gasteiger partial charge in [-0.1, -0.05) is 18.2 Å². The molecule has 2 saturated heterocycles. The van der Waals surface area contributed by atoms with Crippen LogP contribution in [-0.4, -0.2) is 46.8 Å². The molecule has 0 spiro atoms. The molecule has 3 aliphatic rings. The standard InChI is InChI=1S/C18H21FN2O2/c1-12-16(22)20-10-4-5-13(20)11-21(12)17(23)18(8-9-18)14-6-2-3-7-15(14)19/h2-3,6-7,12-13H,4-5,8-11H2,1H3/t12-,13-/m1/s1. The smallest absolute Gasteiger partial charge is 0.245 e. The van der Waals surface area contributed by atoms with E-state index in [0.717, 1.165) is 19.4 Å². The van der Waals surface area contributed by atoms with Crippen molar-refractivity contribution in [3.63, 3.8) is 0 Å². The lowest BCUT2D eigenvalue weighted by atomic mass is 9.92. The fourth-order valence-electron chi connectivity index (χ4n) is 4.18. The second-order valence-electron chi connectivity index (χ2n) is 7.02. The van der Waals surface area contributed by atoms with Crippen LogP contribution in [0.25, 0.3) is 0 Å². The molecule has 2 amide bonds. The fourth-order valence-corrected chi connectivity index (χ4v) is 4.18. The number of carbonyl (C=O) groups is 2. The van der Waals surface area contributed by atoms with E-state index in [9.17, 15) is 14.0 Å². The third kappa shape index (κ3) is 2.09. The Kier molecular flexibility index (Phi) is 3.22. The molecule has 2 heterocycles. The van der Waals surface area contributed by atoms with Crippen molar-refractivity contribution in [2.75, 3.05) is 13.1 Å². The lowest BCUT2D eigenvalue weighted by Gasteiger charge is -2.43. The highest BCUT2D eigenvalue weighted by Gasteiger charge is 2.56. The third-order valence-corrected chi connectivity index (χ3v) is 5.70. The Hall–Kier alpha value is -1.91. The molecular formula is C18H21FN2O2. The van der Waals surface area contributed by atoms with Gasteiger partial charge in [-0.3, -0.25) is 9.59 Å². The molecule has 122 valence electrons. The average Bonchev–Trinajstić information content (AvgIpc) is 3.21. The Morgan fingerprint density at radius 1 is 1.30 bits per heavy atom. The van der Waals surface area contributed by atoms with Gasteiger partial charge >= 0.3 is 0 Å². The van der Waals surface area contributed by atoms with E-state index >= 15 is 0 Å². The van der Waals surface area contributed by atoms with Crippen LogP contribution in [0.1, 0.15) is 38.2 Å². The summed E-state index contributed by atoms with van der Waals surface area (Å²) in [4.78, 5) is 29.3. The Morgan fingerprint density at radius 3 is 2.74 bits per heavy atom. The van der Waals surface area contributed by atoms with Crippen LogP contribution in [0.15, 0.2) is 24.3 Å². The molecule has 0 N–H and O–H groups in total. The van der Waals surface area contributed by atoms with Crippen molar-refractivity contribution in [1.29, 1.82) is 0 Å². The average molecular weight is 316 g/mol. The SMILES string of the molecule is C[C@@H]1C(=O)N2CCC[C@@H]2CN1C(=O)C1(c2ccccc2F)CC1.